The second-order valence-electron chi connectivity index (χ2n) is 6.01. The molecule has 1 aliphatic heterocycles. The number of aromatic nitrogens is 1. The summed E-state index contributed by atoms with van der Waals surface area (Å²) in [6.07, 6.45) is 0.733. The lowest BCUT2D eigenvalue weighted by atomic mass is 10.1. The van der Waals surface area contributed by atoms with Crippen LogP contribution in [0.1, 0.15) is 16.9 Å². The third-order valence-electron chi connectivity index (χ3n) is 4.50. The van der Waals surface area contributed by atoms with Gasteiger partial charge in [-0.3, -0.25) is 9.59 Å². The molecule has 6 nitrogen and oxygen atoms in total. The molecule has 0 spiro atoms. The first kappa shape index (κ1) is 14.8. The number of halogens is 2. The lowest BCUT2D eigenvalue weighted by Gasteiger charge is -2.30. The van der Waals surface area contributed by atoms with Crippen LogP contribution in [0, 0.1) is 11.6 Å². The van der Waals surface area contributed by atoms with Gasteiger partial charge in [0.1, 0.15) is 18.2 Å². The minimum absolute atomic E-state index is 0.0208. The van der Waals surface area contributed by atoms with Crippen molar-refractivity contribution in [2.24, 2.45) is 0 Å². The lowest BCUT2D eigenvalue weighted by molar-refractivity contribution is -0.133. The van der Waals surface area contributed by atoms with E-state index in [9.17, 15) is 18.4 Å². The number of nitrogens with zero attached hydrogens (tertiary/aromatic N) is 3. The van der Waals surface area contributed by atoms with Crippen LogP contribution in [-0.4, -0.2) is 52.4 Å². The van der Waals surface area contributed by atoms with Crippen molar-refractivity contribution in [3.05, 3.63) is 41.6 Å². The lowest BCUT2D eigenvalue weighted by Crippen LogP contribution is -2.50. The maximum Gasteiger partial charge on any atom is 0.276 e. The molecule has 1 aliphatic carbocycles. The van der Waals surface area contributed by atoms with Crippen molar-refractivity contribution in [1.82, 2.24) is 15.0 Å². The molecule has 2 heterocycles. The highest BCUT2D eigenvalue weighted by atomic mass is 19.1. The van der Waals surface area contributed by atoms with E-state index < -0.39 is 17.5 Å². The van der Waals surface area contributed by atoms with Gasteiger partial charge in [0, 0.05) is 13.1 Å². The number of benzene rings is 1. The number of likely N-dealkylation sites (N-methyl/N-ethyl adjacent to an activating group) is 1. The molecular weight excluding hydrogens is 320 g/mol. The minimum Gasteiger partial charge on any atom is -0.355 e. The van der Waals surface area contributed by atoms with Crippen LogP contribution in [0.15, 0.2) is 28.8 Å². The largest absolute Gasteiger partial charge is 0.355 e. The Hall–Kier alpha value is -2.77. The van der Waals surface area contributed by atoms with Crippen LogP contribution < -0.4 is 0 Å². The Labute approximate surface area is 135 Å². The predicted octanol–water partition coefficient (Wildman–Crippen LogP) is 1.67. The molecule has 2 atom stereocenters. The van der Waals surface area contributed by atoms with E-state index in [2.05, 4.69) is 5.16 Å². The summed E-state index contributed by atoms with van der Waals surface area (Å²) in [5.74, 6) is -1.93. The Morgan fingerprint density at radius 2 is 2.08 bits per heavy atom. The highest BCUT2D eigenvalue weighted by molar-refractivity contribution is 5.97. The van der Waals surface area contributed by atoms with E-state index in [1.807, 2.05) is 0 Å². The molecule has 0 N–H and O–H groups in total. The molecule has 124 valence electrons. The summed E-state index contributed by atoms with van der Waals surface area (Å²) in [4.78, 5) is 27.5. The summed E-state index contributed by atoms with van der Waals surface area (Å²) in [6, 6.07) is 4.22. The third kappa shape index (κ3) is 2.26. The predicted molar refractivity (Wildman–Crippen MR) is 77.9 cm³/mol. The zero-order valence-corrected chi connectivity index (χ0v) is 12.7. The molecule has 8 heteroatoms. The number of hydrogen-bond donors (Lipinski definition) is 0. The molecule has 2 aromatic rings. The van der Waals surface area contributed by atoms with Crippen molar-refractivity contribution in [2.75, 3.05) is 13.6 Å². The van der Waals surface area contributed by atoms with E-state index in [4.69, 9.17) is 4.52 Å². The van der Waals surface area contributed by atoms with Crippen LogP contribution in [0.3, 0.4) is 0 Å². The van der Waals surface area contributed by atoms with E-state index in [1.54, 1.807) is 11.9 Å². The van der Waals surface area contributed by atoms with Gasteiger partial charge >= 0.3 is 0 Å². The first-order chi connectivity index (χ1) is 11.5. The van der Waals surface area contributed by atoms with Crippen LogP contribution in [-0.2, 0) is 4.79 Å². The fourth-order valence-corrected chi connectivity index (χ4v) is 3.04. The second-order valence-corrected chi connectivity index (χ2v) is 6.01. The zero-order chi connectivity index (χ0) is 17.0. The standard InChI is InChI=1S/C16H13F2N3O3/c1-20-12-6-13(12)21(7-15(20)22)16(23)11-5-14(24-19-11)9-4-8(17)2-3-10(9)18/h2-5,12-13H,6-7H2,1H3/t12-,13+/m1/s1. The molecule has 2 amide bonds. The van der Waals surface area contributed by atoms with E-state index in [0.29, 0.717) is 0 Å². The van der Waals surface area contributed by atoms with Crippen molar-refractivity contribution >= 4 is 11.8 Å². The van der Waals surface area contributed by atoms with Gasteiger partial charge in [0.15, 0.2) is 11.5 Å². The SMILES string of the molecule is CN1C(=O)CN(C(=O)c2cc(-c3cc(F)ccc3F)on2)[C@H]2C[C@H]21. The topological polar surface area (TPSA) is 66.7 Å². The Kier molecular flexibility index (Phi) is 3.16. The number of carbonyl (C=O) groups is 2. The average Bonchev–Trinajstić information content (AvgIpc) is 3.21. The minimum atomic E-state index is -0.677. The van der Waals surface area contributed by atoms with Crippen LogP contribution in [0.5, 0.6) is 0 Å². The Morgan fingerprint density at radius 3 is 2.88 bits per heavy atom. The molecule has 0 unspecified atom stereocenters. The molecular formula is C16H13F2N3O3. The second kappa shape index (κ2) is 5.12. The number of amides is 2. The van der Waals surface area contributed by atoms with Gasteiger partial charge in [-0.05, 0) is 24.6 Å². The first-order valence-corrected chi connectivity index (χ1v) is 7.44. The molecule has 1 aromatic carbocycles. The van der Waals surface area contributed by atoms with Crippen molar-refractivity contribution in [3.8, 4) is 11.3 Å². The quantitative estimate of drug-likeness (QED) is 0.839. The van der Waals surface area contributed by atoms with Crippen molar-refractivity contribution in [1.29, 1.82) is 0 Å². The van der Waals surface area contributed by atoms with E-state index in [0.717, 1.165) is 24.6 Å². The van der Waals surface area contributed by atoms with Crippen LogP contribution in [0.25, 0.3) is 11.3 Å². The summed E-state index contributed by atoms with van der Waals surface area (Å²) in [5.41, 5.74) is -0.142. The van der Waals surface area contributed by atoms with Gasteiger partial charge in [0.25, 0.3) is 5.91 Å². The number of fused-ring (bicyclic) bond motifs is 1. The van der Waals surface area contributed by atoms with E-state index in [1.165, 1.54) is 11.0 Å². The summed E-state index contributed by atoms with van der Waals surface area (Å²) in [7, 11) is 1.72. The van der Waals surface area contributed by atoms with Gasteiger partial charge in [0.05, 0.1) is 17.6 Å². The van der Waals surface area contributed by atoms with Crippen LogP contribution in [0.4, 0.5) is 8.78 Å². The Morgan fingerprint density at radius 1 is 1.29 bits per heavy atom. The van der Waals surface area contributed by atoms with Crippen LogP contribution in [0.2, 0.25) is 0 Å². The van der Waals surface area contributed by atoms with Crippen molar-refractivity contribution < 1.29 is 22.9 Å². The summed E-state index contributed by atoms with van der Waals surface area (Å²) >= 11 is 0. The fraction of sp³-hybridized carbons (Fsp3) is 0.312. The Balaban J connectivity index is 1.60. The van der Waals surface area contributed by atoms with Crippen LogP contribution >= 0.6 is 0 Å². The maximum absolute atomic E-state index is 13.8. The molecule has 2 aliphatic rings. The molecule has 1 saturated heterocycles. The first-order valence-electron chi connectivity index (χ1n) is 7.44. The smallest absolute Gasteiger partial charge is 0.276 e. The van der Waals surface area contributed by atoms with Crippen molar-refractivity contribution in [3.63, 3.8) is 0 Å². The molecule has 0 bridgehead atoms. The molecule has 0 radical (unpaired) electrons. The van der Waals surface area contributed by atoms with Gasteiger partial charge in [-0.2, -0.15) is 0 Å². The van der Waals surface area contributed by atoms with Gasteiger partial charge in [-0.1, -0.05) is 5.16 Å². The fourth-order valence-electron chi connectivity index (χ4n) is 3.04. The highest BCUT2D eigenvalue weighted by Crippen LogP contribution is 2.37. The third-order valence-corrected chi connectivity index (χ3v) is 4.50. The Bertz CT molecular complexity index is 851. The summed E-state index contributed by atoms with van der Waals surface area (Å²) < 4.78 is 32.1. The number of piperazine rings is 1. The molecule has 4 rings (SSSR count). The zero-order valence-electron chi connectivity index (χ0n) is 12.7. The monoisotopic (exact) mass is 333 g/mol. The summed E-state index contributed by atoms with van der Waals surface area (Å²) in [5, 5.41) is 3.66. The van der Waals surface area contributed by atoms with Gasteiger partial charge in [-0.15, -0.1) is 0 Å². The average molecular weight is 333 g/mol. The maximum atomic E-state index is 13.8. The number of rotatable bonds is 2. The van der Waals surface area contributed by atoms with Crippen molar-refractivity contribution in [2.45, 2.75) is 18.5 Å². The normalized spacial score (nSPS) is 22.5. The number of hydrogen-bond acceptors (Lipinski definition) is 4. The van der Waals surface area contributed by atoms with Gasteiger partial charge in [-0.25, -0.2) is 8.78 Å². The highest BCUT2D eigenvalue weighted by Gasteiger charge is 2.52. The molecule has 1 aromatic heterocycles. The summed E-state index contributed by atoms with van der Waals surface area (Å²) in [6.45, 7) is -0.0208. The molecule has 2 fully saturated rings. The van der Waals surface area contributed by atoms with Gasteiger partial charge < -0.3 is 14.3 Å². The molecule has 24 heavy (non-hydrogen) atoms. The van der Waals surface area contributed by atoms with E-state index >= 15 is 0 Å². The number of carbonyl (C=O) groups excluding carboxylic acids is 2. The molecule has 1 saturated carbocycles. The van der Waals surface area contributed by atoms with Gasteiger partial charge in [0.2, 0.25) is 5.91 Å². The van der Waals surface area contributed by atoms with E-state index in [-0.39, 0.29) is 41.6 Å².